The number of aliphatic carboxylic acids is 1. The van der Waals surface area contributed by atoms with E-state index >= 15 is 0 Å². The summed E-state index contributed by atoms with van der Waals surface area (Å²) in [4.78, 5) is 26.1. The topological polar surface area (TPSA) is 79.3 Å². The van der Waals surface area contributed by atoms with Gasteiger partial charge in [-0.05, 0) is 42.2 Å². The Kier molecular flexibility index (Phi) is 6.25. The van der Waals surface area contributed by atoms with Crippen LogP contribution in [-0.2, 0) is 9.59 Å². The molecule has 0 spiro atoms. The average Bonchev–Trinajstić information content (AvgIpc) is 2.55. The molecule has 1 amide bonds. The Morgan fingerprint density at radius 2 is 2.00 bits per heavy atom. The smallest absolute Gasteiger partial charge is 0.303 e. The van der Waals surface area contributed by atoms with Gasteiger partial charge >= 0.3 is 5.97 Å². The van der Waals surface area contributed by atoms with Crippen LogP contribution in [0.5, 0.6) is 0 Å². The number of rotatable bonds is 7. The number of allylic oxidation sites excluding steroid dienone is 1. The summed E-state index contributed by atoms with van der Waals surface area (Å²) in [5, 5.41) is 11.5. The van der Waals surface area contributed by atoms with E-state index < -0.39 is 5.97 Å². The summed E-state index contributed by atoms with van der Waals surface area (Å²) in [6.45, 7) is 1.47. The zero-order valence-corrected chi connectivity index (χ0v) is 13.5. The molecule has 0 aliphatic carbocycles. The van der Waals surface area contributed by atoms with Crippen LogP contribution < -0.4 is 5.32 Å². The predicted molar refractivity (Wildman–Crippen MR) is 93.5 cm³/mol. The van der Waals surface area contributed by atoms with E-state index in [1.165, 1.54) is 6.92 Å². The molecule has 0 atom stereocenters. The van der Waals surface area contributed by atoms with Gasteiger partial charge in [-0.25, -0.2) is 0 Å². The number of pyridine rings is 1. The minimum Gasteiger partial charge on any atom is -0.481 e. The van der Waals surface area contributed by atoms with E-state index in [4.69, 9.17) is 5.11 Å². The molecular formula is C19H20N2O3. The monoisotopic (exact) mass is 324 g/mol. The number of benzene rings is 1. The molecule has 0 aliphatic heterocycles. The Morgan fingerprint density at radius 3 is 2.67 bits per heavy atom. The summed E-state index contributed by atoms with van der Waals surface area (Å²) in [6.07, 6.45) is 6.87. The molecular weight excluding hydrogens is 304 g/mol. The van der Waals surface area contributed by atoms with Gasteiger partial charge in [0, 0.05) is 37.0 Å². The molecule has 0 saturated carbocycles. The summed E-state index contributed by atoms with van der Waals surface area (Å²) >= 11 is 0. The number of hydrogen-bond acceptors (Lipinski definition) is 3. The Labute approximate surface area is 141 Å². The van der Waals surface area contributed by atoms with Crippen molar-refractivity contribution < 1.29 is 14.7 Å². The third kappa shape index (κ3) is 5.35. The van der Waals surface area contributed by atoms with Crippen LogP contribution in [0.3, 0.4) is 0 Å². The Hall–Kier alpha value is -2.95. The molecule has 124 valence electrons. The molecule has 1 aromatic heterocycles. The number of nitrogens with one attached hydrogen (secondary N) is 1. The Balaban J connectivity index is 2.30. The first kappa shape index (κ1) is 17.4. The van der Waals surface area contributed by atoms with Gasteiger partial charge in [0.2, 0.25) is 5.91 Å². The lowest BCUT2D eigenvalue weighted by molar-refractivity contribution is -0.137. The second-order valence-electron chi connectivity index (χ2n) is 5.41. The number of carboxylic acid groups (broad SMARTS) is 1. The lowest BCUT2D eigenvalue weighted by atomic mass is 9.97. The molecule has 0 fully saturated rings. The number of aromatic nitrogens is 1. The molecule has 2 rings (SSSR count). The molecule has 2 aromatic rings. The van der Waals surface area contributed by atoms with Gasteiger partial charge in [0.25, 0.3) is 0 Å². The Morgan fingerprint density at radius 1 is 1.21 bits per heavy atom. The molecule has 0 bridgehead atoms. The van der Waals surface area contributed by atoms with Crippen molar-refractivity contribution in [1.29, 1.82) is 0 Å². The molecule has 0 aliphatic rings. The number of carbonyl (C=O) groups is 2. The van der Waals surface area contributed by atoms with Crippen LogP contribution in [0.4, 0.5) is 5.69 Å². The minimum absolute atomic E-state index is 0.125. The van der Waals surface area contributed by atoms with Crippen molar-refractivity contribution in [2.75, 3.05) is 5.32 Å². The zero-order valence-electron chi connectivity index (χ0n) is 13.5. The fourth-order valence-corrected chi connectivity index (χ4v) is 2.39. The Bertz CT molecular complexity index is 739. The van der Waals surface area contributed by atoms with Crippen molar-refractivity contribution in [2.24, 2.45) is 0 Å². The number of anilines is 1. The van der Waals surface area contributed by atoms with Crippen LogP contribution >= 0.6 is 0 Å². The quantitative estimate of drug-likeness (QED) is 0.761. The first-order valence-corrected chi connectivity index (χ1v) is 7.76. The van der Waals surface area contributed by atoms with Gasteiger partial charge in [-0.2, -0.15) is 0 Å². The maximum Gasteiger partial charge on any atom is 0.303 e. The standard InChI is InChI=1S/C19H20N2O3/c1-14(22)21-17-8-4-6-15(12-17)18(9-2-3-10-19(23)24)16-7-5-11-20-13-16/h4-9,11-13H,2-3,10H2,1H3,(H,21,22)(H,23,24)/b18-9-. The van der Waals surface area contributed by atoms with Crippen molar-refractivity contribution in [2.45, 2.75) is 26.2 Å². The van der Waals surface area contributed by atoms with E-state index in [0.29, 0.717) is 12.8 Å². The summed E-state index contributed by atoms with van der Waals surface area (Å²) in [5.41, 5.74) is 3.60. The maximum atomic E-state index is 11.2. The van der Waals surface area contributed by atoms with Crippen LogP contribution in [0, 0.1) is 0 Å². The van der Waals surface area contributed by atoms with Gasteiger partial charge < -0.3 is 10.4 Å². The largest absolute Gasteiger partial charge is 0.481 e. The van der Waals surface area contributed by atoms with E-state index in [0.717, 1.165) is 22.4 Å². The lowest BCUT2D eigenvalue weighted by Crippen LogP contribution is -2.05. The van der Waals surface area contributed by atoms with Crippen molar-refractivity contribution in [3.63, 3.8) is 0 Å². The van der Waals surface area contributed by atoms with Gasteiger partial charge in [0.1, 0.15) is 0 Å². The first-order valence-electron chi connectivity index (χ1n) is 7.76. The third-order valence-electron chi connectivity index (χ3n) is 3.41. The van der Waals surface area contributed by atoms with Gasteiger partial charge in [-0.15, -0.1) is 0 Å². The summed E-state index contributed by atoms with van der Waals surface area (Å²) in [5.74, 6) is -0.917. The van der Waals surface area contributed by atoms with Crippen LogP contribution in [0.2, 0.25) is 0 Å². The maximum absolute atomic E-state index is 11.2. The highest BCUT2D eigenvalue weighted by Gasteiger charge is 2.07. The first-order chi connectivity index (χ1) is 11.6. The van der Waals surface area contributed by atoms with Gasteiger partial charge in [-0.3, -0.25) is 14.6 Å². The molecule has 1 aromatic carbocycles. The molecule has 5 heteroatoms. The number of nitrogens with zero attached hydrogens (tertiary/aromatic N) is 1. The highest BCUT2D eigenvalue weighted by atomic mass is 16.4. The van der Waals surface area contributed by atoms with E-state index in [9.17, 15) is 9.59 Å². The van der Waals surface area contributed by atoms with Crippen LogP contribution in [0.1, 0.15) is 37.3 Å². The second-order valence-corrected chi connectivity index (χ2v) is 5.41. The van der Waals surface area contributed by atoms with Crippen LogP contribution in [0.15, 0.2) is 54.9 Å². The highest BCUT2D eigenvalue weighted by molar-refractivity contribution is 5.90. The number of carbonyl (C=O) groups excluding carboxylic acids is 1. The van der Waals surface area contributed by atoms with E-state index in [1.54, 1.807) is 12.4 Å². The molecule has 0 radical (unpaired) electrons. The van der Waals surface area contributed by atoms with Gasteiger partial charge in [-0.1, -0.05) is 24.3 Å². The van der Waals surface area contributed by atoms with E-state index in [1.807, 2.05) is 42.5 Å². The van der Waals surface area contributed by atoms with Gasteiger partial charge in [0.15, 0.2) is 0 Å². The molecule has 24 heavy (non-hydrogen) atoms. The highest BCUT2D eigenvalue weighted by Crippen LogP contribution is 2.26. The average molecular weight is 324 g/mol. The van der Waals surface area contributed by atoms with E-state index in [-0.39, 0.29) is 12.3 Å². The van der Waals surface area contributed by atoms with Crippen LogP contribution in [-0.4, -0.2) is 22.0 Å². The summed E-state index contributed by atoms with van der Waals surface area (Å²) in [6, 6.07) is 11.4. The zero-order chi connectivity index (χ0) is 17.4. The van der Waals surface area contributed by atoms with Gasteiger partial charge in [0.05, 0.1) is 0 Å². The summed E-state index contributed by atoms with van der Waals surface area (Å²) in [7, 11) is 0. The van der Waals surface area contributed by atoms with Crippen LogP contribution in [0.25, 0.3) is 5.57 Å². The number of carboxylic acids is 1. The second kappa shape index (κ2) is 8.62. The number of amides is 1. The van der Waals surface area contributed by atoms with Crippen molar-refractivity contribution in [3.05, 3.63) is 66.0 Å². The third-order valence-corrected chi connectivity index (χ3v) is 3.41. The number of unbranched alkanes of at least 4 members (excludes halogenated alkanes) is 1. The predicted octanol–water partition coefficient (Wildman–Crippen LogP) is 3.73. The lowest BCUT2D eigenvalue weighted by Gasteiger charge is -2.10. The molecule has 1 heterocycles. The number of hydrogen-bond donors (Lipinski definition) is 2. The normalized spacial score (nSPS) is 11.1. The molecule has 2 N–H and O–H groups in total. The van der Waals surface area contributed by atoms with Crippen molar-refractivity contribution >= 4 is 23.1 Å². The molecule has 0 saturated heterocycles. The van der Waals surface area contributed by atoms with Crippen molar-refractivity contribution in [1.82, 2.24) is 4.98 Å². The molecule has 0 unspecified atom stereocenters. The summed E-state index contributed by atoms with van der Waals surface area (Å²) < 4.78 is 0. The van der Waals surface area contributed by atoms with E-state index in [2.05, 4.69) is 10.3 Å². The fraction of sp³-hybridized carbons (Fsp3) is 0.211. The minimum atomic E-state index is -0.793. The SMILES string of the molecule is CC(=O)Nc1cccc(/C(=C/CCCC(=O)O)c2cccnc2)c1. The van der Waals surface area contributed by atoms with Crippen molar-refractivity contribution in [3.8, 4) is 0 Å². The molecule has 5 nitrogen and oxygen atoms in total. The fourth-order valence-electron chi connectivity index (χ4n) is 2.39.